The topological polar surface area (TPSA) is 54.9 Å². The third kappa shape index (κ3) is 2.99. The number of carbonyl (C=O) groups excluding carboxylic acids is 1. The number of nitrogens with one attached hydrogen (secondary N) is 1. The molecule has 31 heavy (non-hydrogen) atoms. The van der Waals surface area contributed by atoms with E-state index in [1.54, 1.807) is 12.4 Å². The van der Waals surface area contributed by atoms with Crippen LogP contribution in [0.15, 0.2) is 121 Å². The summed E-state index contributed by atoms with van der Waals surface area (Å²) in [6.07, 6.45) is 6.34. The molecule has 0 unspecified atom stereocenters. The van der Waals surface area contributed by atoms with Crippen molar-refractivity contribution >= 4 is 17.9 Å². The largest absolute Gasteiger partial charge is 0.298 e. The van der Waals surface area contributed by atoms with Gasteiger partial charge in [0.25, 0.3) is 11.6 Å². The highest BCUT2D eigenvalue weighted by atomic mass is 16.1. The standard InChI is InChI=1S/C26H21N4O/c31-20-23-19-30(24-15-7-9-17-27-24,25-16-8-10-18-28-25)29-26(23,21-11-3-1-4-12-21)22-13-5-2-6-14-22/h1-20,29H/q+1. The SMILES string of the molecule is O=CC1=C[N+](c2ccccn2)(c2ccccn2)NC1(c1ccccc1)c1ccccc1. The van der Waals surface area contributed by atoms with Gasteiger partial charge >= 0.3 is 0 Å². The summed E-state index contributed by atoms with van der Waals surface area (Å²) in [7, 11) is 0. The zero-order valence-electron chi connectivity index (χ0n) is 16.8. The van der Waals surface area contributed by atoms with Gasteiger partial charge in [0.1, 0.15) is 6.20 Å². The van der Waals surface area contributed by atoms with Crippen LogP contribution in [0.25, 0.3) is 0 Å². The Bertz CT molecular complexity index is 1130. The van der Waals surface area contributed by atoms with Crippen LogP contribution in [-0.4, -0.2) is 16.3 Å². The van der Waals surface area contributed by atoms with E-state index in [0.29, 0.717) is 17.2 Å². The molecule has 0 atom stereocenters. The van der Waals surface area contributed by atoms with Crippen LogP contribution in [0.3, 0.4) is 0 Å². The summed E-state index contributed by atoms with van der Waals surface area (Å²) in [6, 6.07) is 31.5. The van der Waals surface area contributed by atoms with Gasteiger partial charge in [-0.3, -0.25) is 4.79 Å². The number of benzene rings is 2. The van der Waals surface area contributed by atoms with Crippen molar-refractivity contribution in [2.75, 3.05) is 0 Å². The number of hydrogen-bond acceptors (Lipinski definition) is 4. The molecule has 5 nitrogen and oxygen atoms in total. The van der Waals surface area contributed by atoms with Gasteiger partial charge in [-0.15, -0.1) is 10.0 Å². The highest BCUT2D eigenvalue weighted by Crippen LogP contribution is 2.46. The van der Waals surface area contributed by atoms with Gasteiger partial charge in [-0.2, -0.15) is 0 Å². The first-order valence-corrected chi connectivity index (χ1v) is 10.1. The normalized spacial score (nSPS) is 16.5. The first-order chi connectivity index (χ1) is 15.3. The molecule has 1 aliphatic heterocycles. The van der Waals surface area contributed by atoms with Gasteiger partial charge in [0.05, 0.1) is 5.57 Å². The van der Waals surface area contributed by atoms with E-state index in [2.05, 4.69) is 15.4 Å². The molecule has 4 aromatic rings. The van der Waals surface area contributed by atoms with Gasteiger partial charge in [0, 0.05) is 24.5 Å². The van der Waals surface area contributed by atoms with Crippen molar-refractivity contribution in [3.05, 3.63) is 132 Å². The van der Waals surface area contributed by atoms with Crippen molar-refractivity contribution in [2.45, 2.75) is 5.54 Å². The number of nitrogens with zero attached hydrogens (tertiary/aromatic N) is 3. The van der Waals surface area contributed by atoms with Crippen molar-refractivity contribution < 1.29 is 4.79 Å². The monoisotopic (exact) mass is 405 g/mol. The quantitative estimate of drug-likeness (QED) is 0.388. The van der Waals surface area contributed by atoms with E-state index in [-0.39, 0.29) is 4.59 Å². The predicted octanol–water partition coefficient (Wildman–Crippen LogP) is 4.66. The van der Waals surface area contributed by atoms with Crippen LogP contribution in [-0.2, 0) is 10.3 Å². The molecule has 0 radical (unpaired) electrons. The third-order valence-electron chi connectivity index (χ3n) is 5.67. The van der Waals surface area contributed by atoms with Crippen LogP contribution in [0.2, 0.25) is 0 Å². The zero-order chi connectivity index (χ0) is 21.2. The Kier molecular flexibility index (Phi) is 4.75. The molecule has 2 aromatic carbocycles. The highest BCUT2D eigenvalue weighted by Gasteiger charge is 2.55. The fraction of sp³-hybridized carbons (Fsp3) is 0.0385. The average Bonchev–Trinajstić information content (AvgIpc) is 3.24. The lowest BCUT2D eigenvalue weighted by Gasteiger charge is -2.36. The van der Waals surface area contributed by atoms with Gasteiger partial charge in [-0.1, -0.05) is 72.8 Å². The minimum absolute atomic E-state index is 0.0134. The maximum Gasteiger partial charge on any atom is 0.258 e. The molecule has 0 aliphatic carbocycles. The second-order valence-corrected chi connectivity index (χ2v) is 7.39. The Morgan fingerprint density at radius 3 is 1.58 bits per heavy atom. The van der Waals surface area contributed by atoms with Crippen molar-refractivity contribution in [3.8, 4) is 0 Å². The van der Waals surface area contributed by atoms with E-state index in [0.717, 1.165) is 17.4 Å². The first kappa shape index (κ1) is 19.1. The summed E-state index contributed by atoms with van der Waals surface area (Å²) in [5.41, 5.74) is 5.42. The minimum Gasteiger partial charge on any atom is -0.298 e. The van der Waals surface area contributed by atoms with Gasteiger partial charge in [0.2, 0.25) is 0 Å². The number of aromatic nitrogens is 2. The smallest absolute Gasteiger partial charge is 0.258 e. The number of carbonyl (C=O) groups is 1. The molecule has 2 aromatic heterocycles. The number of aldehydes is 1. The minimum atomic E-state index is -0.876. The molecule has 5 heteroatoms. The van der Waals surface area contributed by atoms with Crippen LogP contribution in [0.4, 0.5) is 11.6 Å². The third-order valence-corrected chi connectivity index (χ3v) is 5.67. The van der Waals surface area contributed by atoms with Gasteiger partial charge in [-0.05, 0) is 23.3 Å². The molecular formula is C26H21N4O+. The molecule has 150 valence electrons. The predicted molar refractivity (Wildman–Crippen MR) is 121 cm³/mol. The Hall–Kier alpha value is -3.93. The summed E-state index contributed by atoms with van der Waals surface area (Å²) in [4.78, 5) is 21.8. The Balaban J connectivity index is 1.83. The average molecular weight is 405 g/mol. The molecule has 0 saturated carbocycles. The van der Waals surface area contributed by atoms with E-state index in [1.165, 1.54) is 0 Å². The molecule has 0 fully saturated rings. The highest BCUT2D eigenvalue weighted by molar-refractivity contribution is 5.83. The van der Waals surface area contributed by atoms with Crippen LogP contribution in [0.5, 0.6) is 0 Å². The van der Waals surface area contributed by atoms with E-state index in [4.69, 9.17) is 0 Å². The fourth-order valence-corrected chi connectivity index (χ4v) is 4.28. The fourth-order valence-electron chi connectivity index (χ4n) is 4.28. The number of hydrogen-bond donors (Lipinski definition) is 1. The van der Waals surface area contributed by atoms with E-state index in [1.807, 2.05) is 103 Å². The second kappa shape index (κ2) is 7.72. The summed E-state index contributed by atoms with van der Waals surface area (Å²) in [5.74, 6) is 1.43. The number of quaternary nitrogens is 1. The Morgan fingerprint density at radius 1 is 0.677 bits per heavy atom. The van der Waals surface area contributed by atoms with Crippen LogP contribution < -0.4 is 10.0 Å². The lowest BCUT2D eigenvalue weighted by molar-refractivity contribution is -0.105. The van der Waals surface area contributed by atoms with Crippen molar-refractivity contribution in [3.63, 3.8) is 0 Å². The molecule has 0 amide bonds. The molecule has 1 aliphatic rings. The lowest BCUT2D eigenvalue weighted by atomic mass is 9.79. The van der Waals surface area contributed by atoms with Gasteiger partial charge in [-0.25, -0.2) is 9.97 Å². The summed E-state index contributed by atoms with van der Waals surface area (Å²) >= 11 is 0. The van der Waals surface area contributed by atoms with Crippen LogP contribution in [0.1, 0.15) is 11.1 Å². The number of rotatable bonds is 5. The number of pyridine rings is 2. The van der Waals surface area contributed by atoms with E-state index in [9.17, 15) is 4.79 Å². The molecule has 1 N–H and O–H groups in total. The Labute approximate surface area is 180 Å². The van der Waals surface area contributed by atoms with Crippen molar-refractivity contribution in [1.82, 2.24) is 20.0 Å². The van der Waals surface area contributed by atoms with Crippen molar-refractivity contribution in [1.29, 1.82) is 0 Å². The first-order valence-electron chi connectivity index (χ1n) is 10.1. The maximum absolute atomic E-state index is 12.6. The van der Waals surface area contributed by atoms with E-state index >= 15 is 0 Å². The molecular weight excluding hydrogens is 384 g/mol. The lowest BCUT2D eigenvalue weighted by Crippen LogP contribution is -2.57. The van der Waals surface area contributed by atoms with Crippen LogP contribution in [0, 0.1) is 0 Å². The Morgan fingerprint density at radius 2 is 1.16 bits per heavy atom. The molecule has 0 saturated heterocycles. The van der Waals surface area contributed by atoms with Gasteiger partial charge < -0.3 is 0 Å². The summed E-state index contributed by atoms with van der Waals surface area (Å²) in [6.45, 7) is 0. The zero-order valence-corrected chi connectivity index (χ0v) is 16.8. The maximum atomic E-state index is 12.6. The molecule has 0 spiro atoms. The molecule has 0 bridgehead atoms. The van der Waals surface area contributed by atoms with Crippen molar-refractivity contribution in [2.24, 2.45) is 0 Å². The van der Waals surface area contributed by atoms with Gasteiger partial charge in [0.15, 0.2) is 11.8 Å². The summed E-state index contributed by atoms with van der Waals surface area (Å²) < 4.78 is 0.0134. The molecule has 3 heterocycles. The van der Waals surface area contributed by atoms with E-state index < -0.39 is 5.54 Å². The second-order valence-electron chi connectivity index (χ2n) is 7.39. The van der Waals surface area contributed by atoms with Crippen LogP contribution >= 0.6 is 0 Å². The summed E-state index contributed by atoms with van der Waals surface area (Å²) in [5, 5.41) is 0. The molecule has 5 rings (SSSR count).